The Bertz CT molecular complexity index is 1380. The van der Waals surface area contributed by atoms with Crippen LogP contribution in [0.5, 0.6) is 0 Å². The number of aryl methyl sites for hydroxylation is 2. The molecule has 0 saturated heterocycles. The van der Waals surface area contributed by atoms with Crippen LogP contribution < -0.4 is 0 Å². The van der Waals surface area contributed by atoms with Gasteiger partial charge < -0.3 is 19.4 Å². The van der Waals surface area contributed by atoms with Gasteiger partial charge in [0.1, 0.15) is 0 Å². The largest absolute Gasteiger partial charge is 2.00 e. The molecule has 0 aliphatic carbocycles. The molecule has 0 radical (unpaired) electrons. The Hall–Kier alpha value is -1.99. The second-order valence-electron chi connectivity index (χ2n) is 19.3. The molecule has 2 aromatic rings. The fourth-order valence-corrected chi connectivity index (χ4v) is 8.97. The quantitative estimate of drug-likeness (QED) is 0.0277. The van der Waals surface area contributed by atoms with Crippen molar-refractivity contribution in [3.05, 3.63) is 101 Å². The van der Waals surface area contributed by atoms with E-state index in [2.05, 4.69) is 104 Å². The Morgan fingerprint density at radius 2 is 0.569 bits per heavy atom. The van der Waals surface area contributed by atoms with Crippen LogP contribution in [0.3, 0.4) is 0 Å². The molecule has 0 aromatic heterocycles. The molecule has 0 atom stereocenters. The second-order valence-corrected chi connectivity index (χ2v) is 19.3. The van der Waals surface area contributed by atoms with Crippen LogP contribution in [0.1, 0.15) is 295 Å². The molecule has 0 fully saturated rings. The van der Waals surface area contributed by atoms with Gasteiger partial charge in [0.2, 0.25) is 11.4 Å². The first kappa shape index (κ1) is 63.0. The molecule has 0 spiro atoms. The third-order valence-corrected chi connectivity index (χ3v) is 13.2. The first-order valence-corrected chi connectivity index (χ1v) is 28.2. The van der Waals surface area contributed by atoms with Crippen molar-refractivity contribution < 1.29 is 21.2 Å². The van der Waals surface area contributed by atoms with Crippen molar-refractivity contribution in [1.29, 1.82) is 0 Å². The van der Waals surface area contributed by atoms with Crippen molar-refractivity contribution in [2.45, 2.75) is 286 Å². The molecule has 0 N–H and O–H groups in total. The maximum atomic E-state index is 11.8. The molecular weight excluding hydrogens is 831 g/mol. The molecule has 0 saturated carbocycles. The number of nitrogens with zero attached hydrogens (tertiary/aromatic N) is 2. The van der Waals surface area contributed by atoms with E-state index in [1.807, 2.05) is 0 Å². The summed E-state index contributed by atoms with van der Waals surface area (Å²) in [5, 5.41) is 0. The van der Waals surface area contributed by atoms with Gasteiger partial charge in [-0.15, -0.1) is 0 Å². The Balaban J connectivity index is 0.00000124. The van der Waals surface area contributed by atoms with Gasteiger partial charge in [0.05, 0.1) is 0 Å². The van der Waals surface area contributed by atoms with Crippen LogP contribution in [-0.2, 0) is 29.3 Å². The van der Waals surface area contributed by atoms with Gasteiger partial charge in [0, 0.05) is 22.3 Å². The molecule has 65 heavy (non-hydrogen) atoms. The standard InChI is InChI=1S/C36H52N2.2C13H27.Ni/c1-5-9-13-14-15-16-20-34-33(19-12-8-4)35(31-25-21-29(22-26-31)17-10-6-2)38(37)36(34)32-27-23-30(24-28-32)18-11-7-3;2*1-3-5-7-9-11-13-12-10-8-6-4-2;/h21-28H,5-20H2,1-4H3;2*1,3-13H2,2H3;/q;2*-1;+2. The summed E-state index contributed by atoms with van der Waals surface area (Å²) in [6, 6.07) is 18.0. The zero-order valence-electron chi connectivity index (χ0n) is 44.1. The van der Waals surface area contributed by atoms with E-state index in [0.717, 1.165) is 73.9 Å². The van der Waals surface area contributed by atoms with E-state index in [4.69, 9.17) is 0 Å². The molecule has 1 heterocycles. The first-order chi connectivity index (χ1) is 31.5. The Labute approximate surface area is 417 Å². The van der Waals surface area contributed by atoms with Crippen molar-refractivity contribution in [3.63, 3.8) is 0 Å². The molecule has 0 unspecified atom stereocenters. The predicted molar refractivity (Wildman–Crippen MR) is 289 cm³/mol. The van der Waals surface area contributed by atoms with Crippen molar-refractivity contribution in [2.24, 2.45) is 0 Å². The maximum absolute atomic E-state index is 11.8. The number of rotatable bonds is 38. The fourth-order valence-electron chi connectivity index (χ4n) is 8.97. The van der Waals surface area contributed by atoms with Gasteiger partial charge in [-0.2, -0.15) is 12.8 Å². The molecule has 3 heteroatoms. The van der Waals surface area contributed by atoms with Crippen LogP contribution in [0.15, 0.2) is 59.7 Å². The summed E-state index contributed by atoms with van der Waals surface area (Å²) in [6.45, 7) is 21.3. The van der Waals surface area contributed by atoms with Crippen molar-refractivity contribution in [1.82, 2.24) is 0 Å². The van der Waals surface area contributed by atoms with Crippen LogP contribution in [0.2, 0.25) is 0 Å². The van der Waals surface area contributed by atoms with Gasteiger partial charge >= 0.3 is 16.5 Å². The minimum Gasteiger partial charge on any atom is -0.493 e. The van der Waals surface area contributed by atoms with E-state index < -0.39 is 0 Å². The van der Waals surface area contributed by atoms with Gasteiger partial charge in [0.15, 0.2) is 0 Å². The van der Waals surface area contributed by atoms with Crippen LogP contribution >= 0.6 is 0 Å². The van der Waals surface area contributed by atoms with Crippen LogP contribution in [0.4, 0.5) is 0 Å². The van der Waals surface area contributed by atoms with Crippen LogP contribution in [0.25, 0.3) is 16.9 Å². The summed E-state index contributed by atoms with van der Waals surface area (Å²) in [4.78, 5) is 0. The summed E-state index contributed by atoms with van der Waals surface area (Å²) in [5.41, 5.74) is 21.6. The Morgan fingerprint density at radius 1 is 0.323 bits per heavy atom. The number of allylic oxidation sites excluding steroid dienone is 2. The van der Waals surface area contributed by atoms with Crippen LogP contribution in [-0.4, -0.2) is 4.70 Å². The first-order valence-electron chi connectivity index (χ1n) is 28.2. The normalized spacial score (nSPS) is 12.3. The third-order valence-electron chi connectivity index (χ3n) is 13.2. The number of hydrogen-bond acceptors (Lipinski definition) is 0. The number of benzene rings is 2. The van der Waals surface area contributed by atoms with Crippen molar-refractivity contribution in [3.8, 4) is 0 Å². The molecule has 374 valence electrons. The molecule has 3 rings (SSSR count). The van der Waals surface area contributed by atoms with Gasteiger partial charge in [-0.05, 0) is 86.8 Å². The van der Waals surface area contributed by atoms with Gasteiger partial charge in [-0.3, -0.25) is 0 Å². The molecule has 2 nitrogen and oxygen atoms in total. The number of unbranched alkanes of at least 4 members (excludes halogenated alkanes) is 28. The fraction of sp³-hybridized carbons (Fsp3) is 0.710. The molecule has 0 bridgehead atoms. The average Bonchev–Trinajstić information content (AvgIpc) is 3.60. The molecule has 2 aromatic carbocycles. The predicted octanol–water partition coefficient (Wildman–Crippen LogP) is 21.7. The summed E-state index contributed by atoms with van der Waals surface area (Å²) < 4.78 is 1.54. The van der Waals surface area contributed by atoms with E-state index in [1.165, 1.54) is 215 Å². The molecular formula is C62H106N2Ni. The summed E-state index contributed by atoms with van der Waals surface area (Å²) in [6.07, 6.45) is 49.9. The summed E-state index contributed by atoms with van der Waals surface area (Å²) in [7, 11) is 0. The summed E-state index contributed by atoms with van der Waals surface area (Å²) in [5.74, 6) is 0. The Morgan fingerprint density at radius 3 is 0.862 bits per heavy atom. The monoisotopic (exact) mass is 937 g/mol. The van der Waals surface area contributed by atoms with Gasteiger partial charge in [0.25, 0.3) is 0 Å². The molecule has 1 aliphatic heterocycles. The van der Waals surface area contributed by atoms with Crippen molar-refractivity contribution in [2.75, 3.05) is 0 Å². The van der Waals surface area contributed by atoms with E-state index in [9.17, 15) is 5.53 Å². The Kier molecular flexibility index (Phi) is 44.4. The maximum Gasteiger partial charge on any atom is 2.00 e. The van der Waals surface area contributed by atoms with E-state index >= 15 is 0 Å². The average molecular weight is 938 g/mol. The van der Waals surface area contributed by atoms with E-state index in [-0.39, 0.29) is 16.5 Å². The van der Waals surface area contributed by atoms with Crippen LogP contribution in [0, 0.1) is 13.8 Å². The summed E-state index contributed by atoms with van der Waals surface area (Å²) >= 11 is 0. The SMILES string of the molecule is CCCCCCCCC1=C(c2ccc(CCCC)cc2)[N+](=[N-])C(c2ccc(CCCC)cc2)=C1CCCC.[CH2-]CCCCCCCCCCCC.[CH2-]CCCCCCCCCCCC.[Ni+2]. The molecule has 0 amide bonds. The van der Waals surface area contributed by atoms with E-state index in [1.54, 1.807) is 4.70 Å². The zero-order valence-corrected chi connectivity index (χ0v) is 45.1. The van der Waals surface area contributed by atoms with Gasteiger partial charge in [-0.25, -0.2) is 4.70 Å². The smallest absolute Gasteiger partial charge is 0.493 e. The minimum atomic E-state index is 0. The van der Waals surface area contributed by atoms with Gasteiger partial charge in [-0.1, -0.05) is 246 Å². The molecule has 1 aliphatic rings. The second kappa shape index (κ2) is 45.8. The third kappa shape index (κ3) is 30.2. The zero-order chi connectivity index (χ0) is 46.7. The topological polar surface area (TPSA) is 25.3 Å². The number of hydrogen-bond donors (Lipinski definition) is 0. The van der Waals surface area contributed by atoms with Crippen molar-refractivity contribution >= 4 is 11.4 Å². The van der Waals surface area contributed by atoms with E-state index in [0.29, 0.717) is 0 Å². The minimum absolute atomic E-state index is 0.